The molecule has 178 valence electrons. The van der Waals surface area contributed by atoms with Crippen LogP contribution in [0.5, 0.6) is 0 Å². The molecule has 1 heterocycles. The maximum Gasteiger partial charge on any atom is 0.243 e. The van der Waals surface area contributed by atoms with E-state index in [1.165, 1.54) is 4.31 Å². The highest BCUT2D eigenvalue weighted by Crippen LogP contribution is 2.34. The first kappa shape index (κ1) is 23.6. The SMILES string of the molecule is O=C(Nc1ccccc1Sc1ccccc1)[C@H]1CCCN(S(=O)(=O)c2ccc3ccccc3c2)C1. The number of carbonyl (C=O) groups is 1. The molecule has 0 saturated carbocycles. The lowest BCUT2D eigenvalue weighted by atomic mass is 9.99. The van der Waals surface area contributed by atoms with E-state index >= 15 is 0 Å². The minimum Gasteiger partial charge on any atom is -0.325 e. The van der Waals surface area contributed by atoms with Crippen molar-refractivity contribution in [2.75, 3.05) is 18.4 Å². The Balaban J connectivity index is 1.31. The molecule has 7 heteroatoms. The summed E-state index contributed by atoms with van der Waals surface area (Å²) in [6.45, 7) is 0.592. The number of hydrogen-bond donors (Lipinski definition) is 1. The fourth-order valence-electron chi connectivity index (χ4n) is 4.36. The van der Waals surface area contributed by atoms with Crippen molar-refractivity contribution in [3.63, 3.8) is 0 Å². The zero-order valence-corrected chi connectivity index (χ0v) is 20.8. The number of carbonyl (C=O) groups excluding carboxylic acids is 1. The van der Waals surface area contributed by atoms with Crippen LogP contribution in [0.3, 0.4) is 0 Å². The fourth-order valence-corrected chi connectivity index (χ4v) is 6.84. The number of piperidine rings is 1. The van der Waals surface area contributed by atoms with E-state index in [0.29, 0.717) is 19.4 Å². The van der Waals surface area contributed by atoms with E-state index in [9.17, 15) is 13.2 Å². The van der Waals surface area contributed by atoms with Crippen LogP contribution in [0.1, 0.15) is 12.8 Å². The summed E-state index contributed by atoms with van der Waals surface area (Å²) in [5.74, 6) is -0.557. The third-order valence-electron chi connectivity index (χ3n) is 6.23. The summed E-state index contributed by atoms with van der Waals surface area (Å²) in [5, 5.41) is 4.93. The first-order valence-corrected chi connectivity index (χ1v) is 13.9. The summed E-state index contributed by atoms with van der Waals surface area (Å²) >= 11 is 1.58. The quantitative estimate of drug-likeness (QED) is 0.350. The van der Waals surface area contributed by atoms with Gasteiger partial charge in [-0.15, -0.1) is 0 Å². The minimum atomic E-state index is -3.69. The second kappa shape index (κ2) is 10.2. The fraction of sp³-hybridized carbons (Fsp3) is 0.179. The minimum absolute atomic E-state index is 0.149. The Hall–Kier alpha value is -3.13. The largest absolute Gasteiger partial charge is 0.325 e. The Morgan fingerprint density at radius 1 is 0.857 bits per heavy atom. The molecule has 0 aromatic heterocycles. The highest BCUT2D eigenvalue weighted by molar-refractivity contribution is 7.99. The zero-order chi connectivity index (χ0) is 24.3. The summed E-state index contributed by atoms with van der Waals surface area (Å²) in [5.41, 5.74) is 0.737. The monoisotopic (exact) mass is 502 g/mol. The third kappa shape index (κ3) is 5.27. The number of para-hydroxylation sites is 1. The lowest BCUT2D eigenvalue weighted by Crippen LogP contribution is -2.43. The second-order valence-electron chi connectivity index (χ2n) is 8.61. The molecule has 0 unspecified atom stereocenters. The number of nitrogens with zero attached hydrogens (tertiary/aromatic N) is 1. The molecular formula is C28H26N2O3S2. The second-order valence-corrected chi connectivity index (χ2v) is 11.7. The molecule has 5 nitrogen and oxygen atoms in total. The Kier molecular flexibility index (Phi) is 6.90. The van der Waals surface area contributed by atoms with Crippen LogP contribution in [0.15, 0.2) is 112 Å². The molecule has 1 amide bonds. The van der Waals surface area contributed by atoms with E-state index in [1.54, 1.807) is 23.9 Å². The van der Waals surface area contributed by atoms with Crippen molar-refractivity contribution in [3.05, 3.63) is 97.1 Å². The molecule has 1 aliphatic heterocycles. The molecule has 5 rings (SSSR count). The first-order chi connectivity index (χ1) is 17.0. The van der Waals surface area contributed by atoms with E-state index in [2.05, 4.69) is 5.32 Å². The smallest absolute Gasteiger partial charge is 0.243 e. The molecule has 1 N–H and O–H groups in total. The van der Waals surface area contributed by atoms with Crippen LogP contribution in [-0.2, 0) is 14.8 Å². The van der Waals surface area contributed by atoms with Crippen molar-refractivity contribution in [1.29, 1.82) is 0 Å². The van der Waals surface area contributed by atoms with E-state index in [-0.39, 0.29) is 17.3 Å². The van der Waals surface area contributed by atoms with Crippen LogP contribution in [-0.4, -0.2) is 31.7 Å². The lowest BCUT2D eigenvalue weighted by Gasteiger charge is -2.31. The van der Waals surface area contributed by atoms with E-state index < -0.39 is 15.9 Å². The van der Waals surface area contributed by atoms with Crippen LogP contribution >= 0.6 is 11.8 Å². The molecule has 1 aliphatic rings. The van der Waals surface area contributed by atoms with Gasteiger partial charge < -0.3 is 5.32 Å². The first-order valence-electron chi connectivity index (χ1n) is 11.6. The predicted molar refractivity (Wildman–Crippen MR) is 141 cm³/mol. The standard InChI is InChI=1S/C28H26N2O3S2/c31-28(29-26-14-6-7-15-27(26)34-24-12-2-1-3-13-24)23-11-8-18-30(20-23)35(32,33)25-17-16-21-9-4-5-10-22(21)19-25/h1-7,9-10,12-17,19,23H,8,11,18,20H2,(H,29,31)/t23-/m0/s1. The predicted octanol–water partition coefficient (Wildman–Crippen LogP) is 6.03. The van der Waals surface area contributed by atoms with E-state index in [4.69, 9.17) is 0 Å². The van der Waals surface area contributed by atoms with Crippen LogP contribution in [0.25, 0.3) is 10.8 Å². The van der Waals surface area contributed by atoms with Gasteiger partial charge in [0.25, 0.3) is 0 Å². The normalized spacial score (nSPS) is 16.7. The Morgan fingerprint density at radius 3 is 2.40 bits per heavy atom. The molecule has 4 aromatic carbocycles. The molecule has 0 radical (unpaired) electrons. The lowest BCUT2D eigenvalue weighted by molar-refractivity contribution is -0.120. The Bertz CT molecular complexity index is 1460. The molecule has 0 spiro atoms. The number of fused-ring (bicyclic) bond motifs is 1. The molecule has 0 aliphatic carbocycles. The Labute approximate surface area is 210 Å². The number of nitrogens with one attached hydrogen (secondary N) is 1. The van der Waals surface area contributed by atoms with Gasteiger partial charge >= 0.3 is 0 Å². The van der Waals surface area contributed by atoms with Gasteiger partial charge in [-0.25, -0.2) is 8.42 Å². The maximum absolute atomic E-state index is 13.4. The average molecular weight is 503 g/mol. The van der Waals surface area contributed by atoms with Crippen molar-refractivity contribution in [1.82, 2.24) is 4.31 Å². The highest BCUT2D eigenvalue weighted by atomic mass is 32.2. The highest BCUT2D eigenvalue weighted by Gasteiger charge is 2.33. The number of benzene rings is 4. The van der Waals surface area contributed by atoms with Gasteiger partial charge in [-0.2, -0.15) is 4.31 Å². The summed E-state index contributed by atoms with van der Waals surface area (Å²) < 4.78 is 28.3. The molecule has 1 fully saturated rings. The van der Waals surface area contributed by atoms with Crippen molar-refractivity contribution >= 4 is 44.2 Å². The van der Waals surface area contributed by atoms with E-state index in [0.717, 1.165) is 26.3 Å². The van der Waals surface area contributed by atoms with E-state index in [1.807, 2.05) is 84.9 Å². The number of rotatable bonds is 6. The molecule has 35 heavy (non-hydrogen) atoms. The number of hydrogen-bond acceptors (Lipinski definition) is 4. The van der Waals surface area contributed by atoms with Gasteiger partial charge in [0.1, 0.15) is 0 Å². The molecule has 4 aromatic rings. The van der Waals surface area contributed by atoms with Crippen LogP contribution in [0, 0.1) is 5.92 Å². The molecule has 0 bridgehead atoms. The van der Waals surface area contributed by atoms with Crippen LogP contribution in [0.4, 0.5) is 5.69 Å². The van der Waals surface area contributed by atoms with Crippen molar-refractivity contribution in [3.8, 4) is 0 Å². The molecule has 1 atom stereocenters. The average Bonchev–Trinajstić information content (AvgIpc) is 2.90. The number of amides is 1. The molecule has 1 saturated heterocycles. The van der Waals surface area contributed by atoms with Crippen molar-refractivity contribution in [2.45, 2.75) is 27.5 Å². The van der Waals surface area contributed by atoms with Crippen molar-refractivity contribution < 1.29 is 13.2 Å². The summed E-state index contributed by atoms with van der Waals surface area (Å²) in [6, 6.07) is 30.6. The van der Waals surface area contributed by atoms with Gasteiger partial charge in [0, 0.05) is 22.9 Å². The maximum atomic E-state index is 13.4. The number of anilines is 1. The Morgan fingerprint density at radius 2 is 1.57 bits per heavy atom. The van der Waals surface area contributed by atoms with Gasteiger partial charge in [0.05, 0.1) is 16.5 Å². The summed E-state index contributed by atoms with van der Waals surface area (Å²) in [7, 11) is -3.69. The van der Waals surface area contributed by atoms with Gasteiger partial charge in [0.15, 0.2) is 0 Å². The van der Waals surface area contributed by atoms with Crippen molar-refractivity contribution in [2.24, 2.45) is 5.92 Å². The van der Waals surface area contributed by atoms with Gasteiger partial charge in [0.2, 0.25) is 15.9 Å². The van der Waals surface area contributed by atoms with Crippen LogP contribution < -0.4 is 5.32 Å². The van der Waals surface area contributed by atoms with Gasteiger partial charge in [-0.05, 0) is 60.0 Å². The third-order valence-corrected chi connectivity index (χ3v) is 9.17. The summed E-state index contributed by atoms with van der Waals surface area (Å²) in [6.07, 6.45) is 1.30. The topological polar surface area (TPSA) is 66.5 Å². The molecular weight excluding hydrogens is 476 g/mol. The summed E-state index contributed by atoms with van der Waals surface area (Å²) in [4.78, 5) is 15.5. The van der Waals surface area contributed by atoms with Gasteiger partial charge in [-0.1, -0.05) is 72.4 Å². The van der Waals surface area contributed by atoms with Gasteiger partial charge in [-0.3, -0.25) is 4.79 Å². The zero-order valence-electron chi connectivity index (χ0n) is 19.1. The number of sulfonamides is 1. The van der Waals surface area contributed by atoms with Crippen LogP contribution in [0.2, 0.25) is 0 Å².